The average Bonchev–Trinajstić information content (AvgIpc) is 2.78. The fourth-order valence-corrected chi connectivity index (χ4v) is 4.53. The molecule has 0 spiro atoms. The van der Waals surface area contributed by atoms with Gasteiger partial charge in [-0.3, -0.25) is 14.4 Å². The summed E-state index contributed by atoms with van der Waals surface area (Å²) in [6, 6.07) is 4.02. The fourth-order valence-electron chi connectivity index (χ4n) is 4.06. The van der Waals surface area contributed by atoms with Gasteiger partial charge in [-0.2, -0.15) is 11.8 Å². The van der Waals surface area contributed by atoms with Crippen LogP contribution in [0.3, 0.4) is 0 Å². The Hall–Kier alpha value is -2.95. The van der Waals surface area contributed by atoms with Gasteiger partial charge in [-0.1, -0.05) is 12.1 Å². The third kappa shape index (κ3) is 9.74. The Labute approximate surface area is 229 Å². The quantitative estimate of drug-likeness (QED) is 0.317. The van der Waals surface area contributed by atoms with Gasteiger partial charge in [-0.25, -0.2) is 4.79 Å². The third-order valence-corrected chi connectivity index (χ3v) is 6.61. The lowest BCUT2D eigenvalue weighted by atomic mass is 9.88. The Morgan fingerprint density at radius 2 is 1.92 bits per heavy atom. The molecule has 10 nitrogen and oxygen atoms in total. The van der Waals surface area contributed by atoms with Crippen molar-refractivity contribution in [1.82, 2.24) is 15.5 Å². The zero-order chi connectivity index (χ0) is 28.3. The van der Waals surface area contributed by atoms with E-state index in [2.05, 4.69) is 10.6 Å². The molecule has 0 aliphatic heterocycles. The van der Waals surface area contributed by atoms with Gasteiger partial charge in [-0.05, 0) is 83.1 Å². The van der Waals surface area contributed by atoms with E-state index < -0.39 is 41.6 Å². The third-order valence-electron chi connectivity index (χ3n) is 5.97. The Bertz CT molecular complexity index is 962. The predicted molar refractivity (Wildman–Crippen MR) is 146 cm³/mol. The lowest BCUT2D eigenvalue weighted by Gasteiger charge is -2.43. The summed E-state index contributed by atoms with van der Waals surface area (Å²) in [5, 5.41) is 15.6. The van der Waals surface area contributed by atoms with Crippen LogP contribution in [0, 0.1) is 0 Å². The molecular weight excluding hydrogens is 510 g/mol. The number of esters is 1. The molecule has 1 aromatic carbocycles. The summed E-state index contributed by atoms with van der Waals surface area (Å²) in [4.78, 5) is 53.6. The van der Waals surface area contributed by atoms with Gasteiger partial charge in [0.1, 0.15) is 23.4 Å². The molecule has 2 unspecified atom stereocenters. The number of thioether (sulfide) groups is 1. The number of rotatable bonds is 13. The first kappa shape index (κ1) is 31.3. The topological polar surface area (TPSA) is 134 Å². The van der Waals surface area contributed by atoms with Crippen LogP contribution in [-0.4, -0.2) is 76.7 Å². The van der Waals surface area contributed by atoms with Gasteiger partial charge in [0.15, 0.2) is 0 Å². The number of carbonyl (C=O) groups excluding carboxylic acids is 4. The highest BCUT2D eigenvalue weighted by Crippen LogP contribution is 2.35. The van der Waals surface area contributed by atoms with Crippen LogP contribution in [0.4, 0.5) is 4.79 Å². The number of amides is 3. The first-order valence-corrected chi connectivity index (χ1v) is 14.4. The maximum Gasteiger partial charge on any atom is 0.408 e. The maximum absolute atomic E-state index is 14.1. The number of ether oxygens (including phenoxy) is 2. The van der Waals surface area contributed by atoms with E-state index in [9.17, 15) is 24.3 Å². The molecule has 0 saturated heterocycles. The van der Waals surface area contributed by atoms with Crippen molar-refractivity contribution in [2.24, 2.45) is 0 Å². The van der Waals surface area contributed by atoms with Crippen molar-refractivity contribution in [1.29, 1.82) is 0 Å². The van der Waals surface area contributed by atoms with E-state index in [0.29, 0.717) is 30.6 Å². The van der Waals surface area contributed by atoms with Crippen molar-refractivity contribution >= 4 is 35.6 Å². The van der Waals surface area contributed by atoms with Crippen molar-refractivity contribution in [3.05, 3.63) is 29.8 Å². The molecule has 2 atom stereocenters. The summed E-state index contributed by atoms with van der Waals surface area (Å²) in [7, 11) is 0. The normalized spacial score (nSPS) is 15.0. The number of carbonyl (C=O) groups is 4. The van der Waals surface area contributed by atoms with E-state index in [1.54, 1.807) is 39.8 Å². The minimum absolute atomic E-state index is 0.0136. The summed E-state index contributed by atoms with van der Waals surface area (Å²) >= 11 is 1.54. The number of aromatic hydroxyl groups is 1. The first-order chi connectivity index (χ1) is 18.0. The van der Waals surface area contributed by atoms with Crippen LogP contribution in [0.5, 0.6) is 5.75 Å². The van der Waals surface area contributed by atoms with E-state index in [1.165, 1.54) is 28.8 Å². The molecular formula is C27H41N3O7S. The summed E-state index contributed by atoms with van der Waals surface area (Å²) in [5.41, 5.74) is -0.312. The van der Waals surface area contributed by atoms with Crippen molar-refractivity contribution in [3.63, 3.8) is 0 Å². The first-order valence-electron chi connectivity index (χ1n) is 13.0. The van der Waals surface area contributed by atoms with Crippen molar-refractivity contribution in [3.8, 4) is 5.75 Å². The molecule has 1 aliphatic carbocycles. The molecule has 0 heterocycles. The monoisotopic (exact) mass is 551 g/mol. The zero-order valence-corrected chi connectivity index (χ0v) is 23.8. The Morgan fingerprint density at radius 3 is 2.47 bits per heavy atom. The van der Waals surface area contributed by atoms with Crippen LogP contribution in [0.2, 0.25) is 0 Å². The number of hydrogen-bond acceptors (Lipinski definition) is 8. The number of hydrogen-bond donors (Lipinski definition) is 3. The molecule has 0 bridgehead atoms. The molecule has 3 N–H and O–H groups in total. The van der Waals surface area contributed by atoms with Crippen LogP contribution in [-0.2, 0) is 23.9 Å². The van der Waals surface area contributed by atoms with Crippen LogP contribution < -0.4 is 10.6 Å². The van der Waals surface area contributed by atoms with E-state index in [1.807, 2.05) is 6.26 Å². The number of benzene rings is 1. The van der Waals surface area contributed by atoms with Gasteiger partial charge in [-0.15, -0.1) is 0 Å². The highest BCUT2D eigenvalue weighted by Gasteiger charge is 2.42. The minimum atomic E-state index is -1.07. The van der Waals surface area contributed by atoms with Gasteiger partial charge < -0.3 is 30.1 Å². The van der Waals surface area contributed by atoms with Gasteiger partial charge in [0.25, 0.3) is 0 Å². The van der Waals surface area contributed by atoms with Crippen LogP contribution >= 0.6 is 11.8 Å². The Kier molecular flexibility index (Phi) is 12.2. The number of nitrogens with zero attached hydrogens (tertiary/aromatic N) is 1. The molecule has 1 aromatic rings. The second kappa shape index (κ2) is 14.8. The maximum atomic E-state index is 14.1. The minimum Gasteiger partial charge on any atom is -0.508 e. The SMILES string of the molecule is CCOC(=O)CCNC(=O)C(c1cccc(O)c1)N(C(=O)C(CCSC)NC(=O)OC(C)(C)C)C1CCC1. The summed E-state index contributed by atoms with van der Waals surface area (Å²) in [6.07, 6.45) is 3.85. The molecule has 1 saturated carbocycles. The molecule has 11 heteroatoms. The Balaban J connectivity index is 2.39. The summed E-state index contributed by atoms with van der Waals surface area (Å²) in [5.74, 6) is -0.761. The van der Waals surface area contributed by atoms with E-state index in [0.717, 1.165) is 6.42 Å². The average molecular weight is 552 g/mol. The number of phenols is 1. The number of nitrogens with one attached hydrogen (secondary N) is 2. The van der Waals surface area contributed by atoms with Crippen molar-refractivity contribution in [2.45, 2.75) is 83.5 Å². The molecule has 1 aliphatic rings. The van der Waals surface area contributed by atoms with Crippen LogP contribution in [0.25, 0.3) is 0 Å². The molecule has 38 heavy (non-hydrogen) atoms. The van der Waals surface area contributed by atoms with Gasteiger partial charge in [0, 0.05) is 12.6 Å². The van der Waals surface area contributed by atoms with E-state index >= 15 is 0 Å². The smallest absolute Gasteiger partial charge is 0.408 e. The second-order valence-electron chi connectivity index (χ2n) is 10.2. The van der Waals surface area contributed by atoms with Gasteiger partial charge in [0.2, 0.25) is 11.8 Å². The molecule has 3 amide bonds. The van der Waals surface area contributed by atoms with Crippen molar-refractivity contribution in [2.75, 3.05) is 25.2 Å². The standard InChI is InChI=1S/C27H41N3O7S/c1-6-36-22(32)13-15-28-24(33)23(18-9-7-12-20(31)17-18)30(19-10-8-11-19)25(34)21(14-16-38-5)29-26(35)37-27(2,3)4/h7,9,12,17,19,21,23,31H,6,8,10-11,13-16H2,1-5H3,(H,28,33)(H,29,35). The second-order valence-corrected chi connectivity index (χ2v) is 11.1. The van der Waals surface area contributed by atoms with Crippen molar-refractivity contribution < 1.29 is 33.8 Å². The zero-order valence-electron chi connectivity index (χ0n) is 23.0. The predicted octanol–water partition coefficient (Wildman–Crippen LogP) is 3.53. The number of phenolic OH excluding ortho intramolecular Hbond substituents is 1. The lowest BCUT2D eigenvalue weighted by molar-refractivity contribution is -0.148. The van der Waals surface area contributed by atoms with Crippen LogP contribution in [0.15, 0.2) is 24.3 Å². The summed E-state index contributed by atoms with van der Waals surface area (Å²) < 4.78 is 10.3. The van der Waals surface area contributed by atoms with Crippen LogP contribution in [0.1, 0.15) is 71.4 Å². The molecule has 2 rings (SSSR count). The molecule has 0 radical (unpaired) electrons. The highest BCUT2D eigenvalue weighted by atomic mass is 32.2. The highest BCUT2D eigenvalue weighted by molar-refractivity contribution is 7.98. The molecule has 212 valence electrons. The largest absolute Gasteiger partial charge is 0.508 e. The fraction of sp³-hybridized carbons (Fsp3) is 0.630. The van der Waals surface area contributed by atoms with Gasteiger partial charge >= 0.3 is 12.1 Å². The molecule has 0 aromatic heterocycles. The van der Waals surface area contributed by atoms with E-state index in [4.69, 9.17) is 9.47 Å². The Morgan fingerprint density at radius 1 is 1.21 bits per heavy atom. The van der Waals surface area contributed by atoms with Gasteiger partial charge in [0.05, 0.1) is 13.0 Å². The lowest BCUT2D eigenvalue weighted by Crippen LogP contribution is -2.57. The number of alkyl carbamates (subject to hydrolysis) is 1. The summed E-state index contributed by atoms with van der Waals surface area (Å²) in [6.45, 7) is 7.20. The van der Waals surface area contributed by atoms with E-state index in [-0.39, 0.29) is 31.4 Å². The molecule has 1 fully saturated rings.